The van der Waals surface area contributed by atoms with Crippen LogP contribution in [0.3, 0.4) is 0 Å². The number of hydrogen-bond donors (Lipinski definition) is 3. The van der Waals surface area contributed by atoms with E-state index in [0.717, 1.165) is 0 Å². The summed E-state index contributed by atoms with van der Waals surface area (Å²) in [5.74, 6) is 0.0671. The third-order valence-electron chi connectivity index (χ3n) is 2.75. The van der Waals surface area contributed by atoms with Crippen LogP contribution in [0.15, 0.2) is 5.16 Å². The summed E-state index contributed by atoms with van der Waals surface area (Å²) in [5, 5.41) is 14.4. The van der Waals surface area contributed by atoms with Crippen LogP contribution in [-0.2, 0) is 9.53 Å². The Morgan fingerprint density at radius 3 is 2.53 bits per heavy atom. The van der Waals surface area contributed by atoms with Gasteiger partial charge in [-0.1, -0.05) is 5.16 Å². The number of amides is 1. The van der Waals surface area contributed by atoms with Gasteiger partial charge >= 0.3 is 0 Å². The molecule has 0 aromatic heterocycles. The first kappa shape index (κ1) is 13.7. The van der Waals surface area contributed by atoms with Gasteiger partial charge in [0.05, 0.1) is 25.3 Å². The molecule has 1 aliphatic rings. The summed E-state index contributed by atoms with van der Waals surface area (Å²) in [5.41, 5.74) is 5.44. The molecule has 1 heterocycles. The summed E-state index contributed by atoms with van der Waals surface area (Å²) in [7, 11) is 0. The zero-order chi connectivity index (χ0) is 12.8. The molecule has 1 amide bonds. The van der Waals surface area contributed by atoms with Crippen molar-refractivity contribution < 1.29 is 14.7 Å². The normalized spacial score (nSPS) is 21.1. The lowest BCUT2D eigenvalue weighted by Gasteiger charge is -2.30. The lowest BCUT2D eigenvalue weighted by atomic mass is 10.2. The largest absolute Gasteiger partial charge is 0.409 e. The second-order valence-electron chi connectivity index (χ2n) is 4.07. The molecule has 2 unspecified atom stereocenters. The summed E-state index contributed by atoms with van der Waals surface area (Å²) in [6.45, 7) is 5.88. The number of oxime groups is 1. The Morgan fingerprint density at radius 2 is 2.00 bits per heavy atom. The lowest BCUT2D eigenvalue weighted by molar-refractivity contribution is -0.137. The third kappa shape index (κ3) is 3.86. The van der Waals surface area contributed by atoms with Gasteiger partial charge in [0.25, 0.3) is 0 Å². The van der Waals surface area contributed by atoms with Crippen molar-refractivity contribution in [1.29, 1.82) is 0 Å². The van der Waals surface area contributed by atoms with Crippen LogP contribution in [0.2, 0.25) is 0 Å². The number of morpholine rings is 1. The van der Waals surface area contributed by atoms with Gasteiger partial charge in [-0.05, 0) is 13.8 Å². The number of nitrogens with two attached hydrogens (primary N) is 1. The number of ether oxygens (including phenoxy) is 1. The number of carbonyl (C=O) groups is 1. The van der Waals surface area contributed by atoms with Crippen LogP contribution >= 0.6 is 0 Å². The Kier molecular flexibility index (Phi) is 5.17. The zero-order valence-corrected chi connectivity index (χ0v) is 10.2. The molecule has 0 radical (unpaired) electrons. The van der Waals surface area contributed by atoms with Crippen LogP contribution in [0.25, 0.3) is 0 Å². The molecule has 98 valence electrons. The Morgan fingerprint density at radius 1 is 1.41 bits per heavy atom. The molecule has 1 aliphatic heterocycles. The first-order valence-corrected chi connectivity index (χ1v) is 5.66. The van der Waals surface area contributed by atoms with Crippen molar-refractivity contribution in [3.63, 3.8) is 0 Å². The van der Waals surface area contributed by atoms with Crippen molar-refractivity contribution in [2.24, 2.45) is 10.9 Å². The highest BCUT2D eigenvalue weighted by Gasteiger charge is 2.24. The topological polar surface area (TPSA) is 100 Å². The van der Waals surface area contributed by atoms with E-state index in [1.165, 1.54) is 0 Å². The molecule has 7 heteroatoms. The molecule has 0 saturated carbocycles. The highest BCUT2D eigenvalue weighted by molar-refractivity contribution is 5.86. The van der Waals surface area contributed by atoms with E-state index in [-0.39, 0.29) is 23.8 Å². The van der Waals surface area contributed by atoms with Crippen LogP contribution in [0.4, 0.5) is 0 Å². The Hall–Kier alpha value is -1.34. The van der Waals surface area contributed by atoms with Crippen molar-refractivity contribution in [3.8, 4) is 0 Å². The van der Waals surface area contributed by atoms with E-state index in [0.29, 0.717) is 26.3 Å². The monoisotopic (exact) mass is 244 g/mol. The van der Waals surface area contributed by atoms with Gasteiger partial charge in [-0.15, -0.1) is 0 Å². The van der Waals surface area contributed by atoms with E-state index in [9.17, 15) is 4.79 Å². The van der Waals surface area contributed by atoms with Gasteiger partial charge in [0.15, 0.2) is 5.84 Å². The van der Waals surface area contributed by atoms with Crippen LogP contribution in [0.1, 0.15) is 13.8 Å². The van der Waals surface area contributed by atoms with Gasteiger partial charge < -0.3 is 20.6 Å². The van der Waals surface area contributed by atoms with Gasteiger partial charge in [-0.2, -0.15) is 0 Å². The van der Waals surface area contributed by atoms with Gasteiger partial charge in [0.2, 0.25) is 5.91 Å². The maximum Gasteiger partial charge on any atom is 0.239 e. The minimum atomic E-state index is -0.372. The van der Waals surface area contributed by atoms with E-state index in [1.54, 1.807) is 18.7 Å². The minimum absolute atomic E-state index is 0.00545. The molecular formula is C10H20N4O3. The molecule has 7 nitrogen and oxygen atoms in total. The fourth-order valence-electron chi connectivity index (χ4n) is 1.68. The highest BCUT2D eigenvalue weighted by atomic mass is 16.5. The number of amidine groups is 1. The number of nitrogens with zero attached hydrogens (tertiary/aromatic N) is 2. The molecule has 0 spiro atoms. The highest BCUT2D eigenvalue weighted by Crippen LogP contribution is 2.01. The van der Waals surface area contributed by atoms with Crippen LogP contribution in [-0.4, -0.2) is 60.2 Å². The predicted octanol–water partition coefficient (Wildman–Crippen LogP) is -1.04. The van der Waals surface area contributed by atoms with Gasteiger partial charge in [-0.25, -0.2) is 0 Å². The van der Waals surface area contributed by atoms with Crippen LogP contribution in [0.5, 0.6) is 0 Å². The molecule has 4 N–H and O–H groups in total. The molecule has 2 atom stereocenters. The fourth-order valence-corrected chi connectivity index (χ4v) is 1.68. The molecular weight excluding hydrogens is 224 g/mol. The average Bonchev–Trinajstić information content (AvgIpc) is 2.37. The fraction of sp³-hybridized carbons (Fsp3) is 0.800. The first-order chi connectivity index (χ1) is 8.06. The molecule has 1 saturated heterocycles. The molecule has 17 heavy (non-hydrogen) atoms. The molecule has 0 aromatic rings. The predicted molar refractivity (Wildman–Crippen MR) is 62.9 cm³/mol. The minimum Gasteiger partial charge on any atom is -0.409 e. The van der Waals surface area contributed by atoms with E-state index in [1.807, 2.05) is 0 Å². The number of carbonyl (C=O) groups excluding carboxylic acids is 1. The lowest BCUT2D eigenvalue weighted by Crippen LogP contribution is -2.53. The second-order valence-corrected chi connectivity index (χ2v) is 4.07. The SMILES string of the molecule is CC(NC(C)C(N)=NO)C(=O)N1CCOCC1. The molecule has 1 fully saturated rings. The average molecular weight is 244 g/mol. The maximum atomic E-state index is 12.0. The van der Waals surface area contributed by atoms with Crippen LogP contribution in [0, 0.1) is 0 Å². The van der Waals surface area contributed by atoms with E-state index >= 15 is 0 Å². The van der Waals surface area contributed by atoms with Crippen molar-refractivity contribution in [2.45, 2.75) is 25.9 Å². The summed E-state index contributed by atoms with van der Waals surface area (Å²) < 4.78 is 5.18. The number of nitrogens with one attached hydrogen (secondary N) is 1. The summed E-state index contributed by atoms with van der Waals surface area (Å²) in [4.78, 5) is 13.8. The standard InChI is InChI=1S/C10H20N4O3/c1-7(9(11)13-16)12-8(2)10(15)14-3-5-17-6-4-14/h7-8,12,16H,3-6H2,1-2H3,(H2,11,13). The Balaban J connectivity index is 2.45. The summed E-state index contributed by atoms with van der Waals surface area (Å²) >= 11 is 0. The maximum absolute atomic E-state index is 12.0. The van der Waals surface area contributed by atoms with Gasteiger partial charge in [0, 0.05) is 13.1 Å². The first-order valence-electron chi connectivity index (χ1n) is 5.66. The zero-order valence-electron chi connectivity index (χ0n) is 10.2. The van der Waals surface area contributed by atoms with E-state index in [4.69, 9.17) is 15.7 Å². The summed E-state index contributed by atoms with van der Waals surface area (Å²) in [6.07, 6.45) is 0. The van der Waals surface area contributed by atoms with Crippen molar-refractivity contribution in [2.75, 3.05) is 26.3 Å². The quantitative estimate of drug-likeness (QED) is 0.254. The smallest absolute Gasteiger partial charge is 0.239 e. The van der Waals surface area contributed by atoms with Gasteiger partial charge in [-0.3, -0.25) is 10.1 Å². The molecule has 0 bridgehead atoms. The molecule has 0 aromatic carbocycles. The van der Waals surface area contributed by atoms with Crippen molar-refractivity contribution in [1.82, 2.24) is 10.2 Å². The van der Waals surface area contributed by atoms with E-state index < -0.39 is 0 Å². The molecule has 0 aliphatic carbocycles. The van der Waals surface area contributed by atoms with Crippen molar-refractivity contribution >= 4 is 11.7 Å². The number of rotatable bonds is 4. The molecule has 1 rings (SSSR count). The Labute approximate surface area is 101 Å². The van der Waals surface area contributed by atoms with Gasteiger partial charge in [0.1, 0.15) is 0 Å². The van der Waals surface area contributed by atoms with Crippen molar-refractivity contribution in [3.05, 3.63) is 0 Å². The van der Waals surface area contributed by atoms with E-state index in [2.05, 4.69) is 10.5 Å². The Bertz CT molecular complexity index is 289. The second kappa shape index (κ2) is 6.41. The number of hydrogen-bond acceptors (Lipinski definition) is 5. The summed E-state index contributed by atoms with van der Waals surface area (Å²) in [6, 6.07) is -0.719. The third-order valence-corrected chi connectivity index (χ3v) is 2.75. The van der Waals surface area contributed by atoms with Crippen LogP contribution < -0.4 is 11.1 Å².